The fourth-order valence-corrected chi connectivity index (χ4v) is 5.50. The predicted molar refractivity (Wildman–Crippen MR) is 138 cm³/mol. The Labute approximate surface area is 227 Å². The molecule has 1 aliphatic carbocycles. The molecule has 0 radical (unpaired) electrons. The van der Waals surface area contributed by atoms with Crippen molar-refractivity contribution in [1.82, 2.24) is 10.2 Å². The van der Waals surface area contributed by atoms with E-state index in [9.17, 15) is 18.0 Å². The molecule has 4 aromatic rings. The number of hydrogen-bond donors (Lipinski definition) is 0. The summed E-state index contributed by atoms with van der Waals surface area (Å²) in [7, 11) is 1.35. The zero-order valence-electron chi connectivity index (χ0n) is 21.7. The van der Waals surface area contributed by atoms with Crippen LogP contribution in [0.25, 0.3) is 22.6 Å². The van der Waals surface area contributed by atoms with Crippen molar-refractivity contribution >= 4 is 5.97 Å². The lowest BCUT2D eigenvalue weighted by molar-refractivity contribution is -0.141. The fourth-order valence-electron chi connectivity index (χ4n) is 5.50. The molecule has 1 aliphatic heterocycles. The molecule has 0 fully saturated rings. The van der Waals surface area contributed by atoms with Gasteiger partial charge in [0.15, 0.2) is 0 Å². The second-order valence-electron chi connectivity index (χ2n) is 9.89. The third-order valence-corrected chi connectivity index (χ3v) is 7.39. The van der Waals surface area contributed by atoms with E-state index in [1.165, 1.54) is 13.2 Å². The Morgan fingerprint density at radius 3 is 2.48 bits per heavy atom. The van der Waals surface area contributed by atoms with Crippen molar-refractivity contribution in [2.24, 2.45) is 0 Å². The standard InChI is InChI=1S/C30H25F3N2O5/c1-16-34-35-29(39-16)18-5-3-17(4-6-18)28-23-10-12-25(22(23)9-11-24(28)30(31,32)33)40-20-7-8-21-19(13-27(36)37-2)15-38-26(21)14-20/h3-9,11,14,19,25H,10,12-13,15H2,1-2H3. The quantitative estimate of drug-likeness (QED) is 0.243. The molecule has 0 saturated heterocycles. The summed E-state index contributed by atoms with van der Waals surface area (Å²) in [5, 5.41) is 7.79. The van der Waals surface area contributed by atoms with Gasteiger partial charge in [-0.2, -0.15) is 13.2 Å². The van der Waals surface area contributed by atoms with Crippen molar-refractivity contribution in [3.8, 4) is 34.1 Å². The zero-order valence-corrected chi connectivity index (χ0v) is 21.7. The van der Waals surface area contributed by atoms with Crippen LogP contribution in [0.1, 0.15) is 53.0 Å². The second-order valence-corrected chi connectivity index (χ2v) is 9.89. The molecule has 206 valence electrons. The maximum atomic E-state index is 14.1. The van der Waals surface area contributed by atoms with E-state index in [4.69, 9.17) is 18.6 Å². The number of esters is 1. The number of carbonyl (C=O) groups is 1. The molecule has 2 atom stereocenters. The monoisotopic (exact) mass is 550 g/mol. The van der Waals surface area contributed by atoms with Crippen molar-refractivity contribution in [2.45, 2.75) is 44.4 Å². The number of aromatic nitrogens is 2. The Kier molecular flexibility index (Phi) is 6.48. The molecule has 6 rings (SSSR count). The van der Waals surface area contributed by atoms with Gasteiger partial charge in [-0.05, 0) is 59.4 Å². The van der Waals surface area contributed by atoms with Crippen LogP contribution in [-0.2, 0) is 22.1 Å². The molecule has 2 aliphatic rings. The average Bonchev–Trinajstić information content (AvgIpc) is 3.66. The van der Waals surface area contributed by atoms with E-state index in [0.717, 1.165) is 17.2 Å². The van der Waals surface area contributed by atoms with Gasteiger partial charge in [0.2, 0.25) is 11.8 Å². The van der Waals surface area contributed by atoms with E-state index in [-0.39, 0.29) is 23.9 Å². The van der Waals surface area contributed by atoms with Crippen LogP contribution in [0.5, 0.6) is 11.5 Å². The summed E-state index contributed by atoms with van der Waals surface area (Å²) in [4.78, 5) is 11.7. The Bertz CT molecular complexity index is 1580. The van der Waals surface area contributed by atoms with Gasteiger partial charge in [0.25, 0.3) is 0 Å². The van der Waals surface area contributed by atoms with Gasteiger partial charge in [-0.1, -0.05) is 24.3 Å². The van der Waals surface area contributed by atoms with Crippen LogP contribution in [0.2, 0.25) is 0 Å². The minimum atomic E-state index is -4.52. The summed E-state index contributed by atoms with van der Waals surface area (Å²) in [6.45, 7) is 2.04. The number of carbonyl (C=O) groups excluding carboxylic acids is 1. The van der Waals surface area contributed by atoms with E-state index in [0.29, 0.717) is 59.4 Å². The first-order chi connectivity index (χ1) is 19.2. The fraction of sp³-hybridized carbons (Fsp3) is 0.300. The SMILES string of the molecule is COC(=O)CC1COc2cc(OC3CCc4c3ccc(C(F)(F)F)c4-c3ccc(-c4nnc(C)o4)cc3)ccc21. The molecule has 2 heterocycles. The lowest BCUT2D eigenvalue weighted by Gasteiger charge is -2.20. The predicted octanol–water partition coefficient (Wildman–Crippen LogP) is 6.84. The van der Waals surface area contributed by atoms with Crippen LogP contribution in [0.3, 0.4) is 0 Å². The molecule has 0 saturated carbocycles. The Morgan fingerprint density at radius 1 is 1.02 bits per heavy atom. The first-order valence-electron chi connectivity index (χ1n) is 12.9. The molecule has 0 bridgehead atoms. The van der Waals surface area contributed by atoms with Crippen molar-refractivity contribution in [1.29, 1.82) is 0 Å². The molecule has 2 unspecified atom stereocenters. The van der Waals surface area contributed by atoms with Crippen LogP contribution < -0.4 is 9.47 Å². The third-order valence-electron chi connectivity index (χ3n) is 7.39. The lowest BCUT2D eigenvalue weighted by Crippen LogP contribution is -2.10. The molecular formula is C30H25F3N2O5. The summed E-state index contributed by atoms with van der Waals surface area (Å²) < 4.78 is 64.7. The van der Waals surface area contributed by atoms with Crippen molar-refractivity contribution in [3.63, 3.8) is 0 Å². The summed E-state index contributed by atoms with van der Waals surface area (Å²) >= 11 is 0. The van der Waals surface area contributed by atoms with E-state index in [1.54, 1.807) is 43.3 Å². The smallest absolute Gasteiger partial charge is 0.417 e. The van der Waals surface area contributed by atoms with Crippen LogP contribution in [0.4, 0.5) is 13.2 Å². The number of aryl methyl sites for hydroxylation is 1. The summed E-state index contributed by atoms with van der Waals surface area (Å²) in [5.74, 6) is 1.49. The number of halogens is 3. The van der Waals surface area contributed by atoms with E-state index < -0.39 is 17.8 Å². The first kappa shape index (κ1) is 25.9. The van der Waals surface area contributed by atoms with Crippen molar-refractivity contribution in [2.75, 3.05) is 13.7 Å². The number of rotatable bonds is 6. The number of methoxy groups -OCH3 is 1. The molecule has 0 spiro atoms. The van der Waals surface area contributed by atoms with Gasteiger partial charge in [0.1, 0.15) is 17.6 Å². The van der Waals surface area contributed by atoms with E-state index >= 15 is 0 Å². The first-order valence-corrected chi connectivity index (χ1v) is 12.9. The van der Waals surface area contributed by atoms with E-state index in [2.05, 4.69) is 10.2 Å². The molecule has 7 nitrogen and oxygen atoms in total. The normalized spacial score (nSPS) is 17.7. The zero-order chi connectivity index (χ0) is 28.0. The highest BCUT2D eigenvalue weighted by atomic mass is 19.4. The minimum Gasteiger partial charge on any atom is -0.492 e. The van der Waals surface area contributed by atoms with Gasteiger partial charge in [-0.15, -0.1) is 10.2 Å². The number of hydrogen-bond acceptors (Lipinski definition) is 7. The average molecular weight is 551 g/mol. The van der Waals surface area contributed by atoms with Gasteiger partial charge in [-0.25, -0.2) is 0 Å². The topological polar surface area (TPSA) is 83.7 Å². The summed E-state index contributed by atoms with van der Waals surface area (Å²) in [5.41, 5.74) is 2.80. The maximum absolute atomic E-state index is 14.1. The Morgan fingerprint density at radius 2 is 1.77 bits per heavy atom. The summed E-state index contributed by atoms with van der Waals surface area (Å²) in [6.07, 6.45) is -3.75. The van der Waals surface area contributed by atoms with Gasteiger partial charge in [-0.3, -0.25) is 4.79 Å². The summed E-state index contributed by atoms with van der Waals surface area (Å²) in [6, 6.07) is 14.8. The third kappa shape index (κ3) is 4.78. The highest BCUT2D eigenvalue weighted by Gasteiger charge is 2.38. The Balaban J connectivity index is 1.30. The lowest BCUT2D eigenvalue weighted by atomic mass is 9.91. The minimum absolute atomic E-state index is 0.0951. The number of nitrogens with zero attached hydrogens (tertiary/aromatic N) is 2. The number of alkyl halides is 3. The molecule has 0 amide bonds. The van der Waals surface area contributed by atoms with Crippen LogP contribution >= 0.6 is 0 Å². The second kappa shape index (κ2) is 10.0. The molecule has 3 aromatic carbocycles. The highest BCUT2D eigenvalue weighted by molar-refractivity contribution is 5.76. The number of fused-ring (bicyclic) bond motifs is 2. The number of ether oxygens (including phenoxy) is 3. The van der Waals surface area contributed by atoms with E-state index in [1.807, 2.05) is 6.07 Å². The molecule has 0 N–H and O–H groups in total. The molecule has 1 aromatic heterocycles. The van der Waals surface area contributed by atoms with Gasteiger partial charge in [0.05, 0.1) is 25.7 Å². The molecule has 40 heavy (non-hydrogen) atoms. The largest absolute Gasteiger partial charge is 0.492 e. The molecular weight excluding hydrogens is 525 g/mol. The molecule has 10 heteroatoms. The highest BCUT2D eigenvalue weighted by Crippen LogP contribution is 2.47. The number of benzene rings is 3. The van der Waals surface area contributed by atoms with Crippen molar-refractivity contribution in [3.05, 3.63) is 82.7 Å². The van der Waals surface area contributed by atoms with Crippen LogP contribution in [-0.4, -0.2) is 29.9 Å². The van der Waals surface area contributed by atoms with Crippen LogP contribution in [0.15, 0.2) is 59.0 Å². The van der Waals surface area contributed by atoms with Crippen molar-refractivity contribution < 1.29 is 36.6 Å². The van der Waals surface area contributed by atoms with Gasteiger partial charge in [0, 0.05) is 30.0 Å². The van der Waals surface area contributed by atoms with Crippen LogP contribution in [0, 0.1) is 6.92 Å². The van der Waals surface area contributed by atoms with Gasteiger partial charge < -0.3 is 18.6 Å². The Hall–Kier alpha value is -4.34. The maximum Gasteiger partial charge on any atom is 0.417 e. The van der Waals surface area contributed by atoms with Gasteiger partial charge >= 0.3 is 12.1 Å².